The van der Waals surface area contributed by atoms with Gasteiger partial charge in [-0.3, -0.25) is 0 Å². The molecule has 0 saturated carbocycles. The lowest BCUT2D eigenvalue weighted by Crippen LogP contribution is -1.98. The Morgan fingerprint density at radius 1 is 1.20 bits per heavy atom. The van der Waals surface area contributed by atoms with Gasteiger partial charge < -0.3 is 9.73 Å². The lowest BCUT2D eigenvalue weighted by atomic mass is 10.1. The second-order valence-corrected chi connectivity index (χ2v) is 5.00. The molecule has 2 aromatic heterocycles. The molecule has 3 rings (SSSR count). The van der Waals surface area contributed by atoms with Gasteiger partial charge in [-0.05, 0) is 29.8 Å². The first-order valence-electron chi connectivity index (χ1n) is 6.13. The maximum Gasteiger partial charge on any atom is 0.202 e. The molecule has 0 atom stereocenters. The minimum atomic E-state index is -0.235. The molecular weight excluding hydrogens is 277 g/mol. The van der Waals surface area contributed by atoms with Crippen LogP contribution in [0.2, 0.25) is 0 Å². The number of aromatic nitrogens is 2. The summed E-state index contributed by atoms with van der Waals surface area (Å²) in [6.45, 7) is 0.582. The van der Waals surface area contributed by atoms with Crippen molar-refractivity contribution in [2.45, 2.75) is 13.0 Å². The van der Waals surface area contributed by atoms with Crippen molar-refractivity contribution >= 4 is 16.7 Å². The molecule has 0 bridgehead atoms. The fourth-order valence-corrected chi connectivity index (χ4v) is 2.34. The van der Waals surface area contributed by atoms with Crippen LogP contribution >= 0.6 is 11.5 Å². The summed E-state index contributed by atoms with van der Waals surface area (Å²) < 4.78 is 22.3. The molecule has 0 spiro atoms. The van der Waals surface area contributed by atoms with E-state index in [1.54, 1.807) is 18.4 Å². The largest absolute Gasteiger partial charge is 0.467 e. The van der Waals surface area contributed by atoms with Gasteiger partial charge in [0.1, 0.15) is 17.4 Å². The van der Waals surface area contributed by atoms with Crippen molar-refractivity contribution in [3.8, 4) is 0 Å². The van der Waals surface area contributed by atoms with Gasteiger partial charge in [-0.1, -0.05) is 12.1 Å². The Morgan fingerprint density at radius 2 is 2.05 bits per heavy atom. The third-order valence-electron chi connectivity index (χ3n) is 2.74. The highest BCUT2D eigenvalue weighted by atomic mass is 32.1. The van der Waals surface area contributed by atoms with Crippen LogP contribution in [0, 0.1) is 5.82 Å². The van der Waals surface area contributed by atoms with Gasteiger partial charge >= 0.3 is 0 Å². The van der Waals surface area contributed by atoms with Gasteiger partial charge in [-0.2, -0.15) is 4.37 Å². The number of hydrogen-bond donors (Lipinski definition) is 1. The summed E-state index contributed by atoms with van der Waals surface area (Å²) in [7, 11) is 0. The number of furan rings is 1. The summed E-state index contributed by atoms with van der Waals surface area (Å²) >= 11 is 1.31. The van der Waals surface area contributed by atoms with E-state index in [0.717, 1.165) is 22.3 Å². The molecule has 0 radical (unpaired) electrons. The highest BCUT2D eigenvalue weighted by molar-refractivity contribution is 7.09. The quantitative estimate of drug-likeness (QED) is 0.781. The molecule has 1 aromatic carbocycles. The van der Waals surface area contributed by atoms with Gasteiger partial charge in [0.15, 0.2) is 0 Å². The number of halogens is 1. The number of nitrogens with one attached hydrogen (secondary N) is 1. The predicted molar refractivity (Wildman–Crippen MR) is 75.1 cm³/mol. The van der Waals surface area contributed by atoms with Crippen LogP contribution < -0.4 is 5.32 Å². The van der Waals surface area contributed by atoms with Crippen LogP contribution in [0.25, 0.3) is 0 Å². The van der Waals surface area contributed by atoms with Gasteiger partial charge in [0.25, 0.3) is 0 Å². The molecule has 1 N–H and O–H groups in total. The van der Waals surface area contributed by atoms with Crippen LogP contribution in [0.4, 0.5) is 9.52 Å². The molecule has 0 saturated heterocycles. The van der Waals surface area contributed by atoms with E-state index in [1.807, 2.05) is 12.1 Å². The minimum Gasteiger partial charge on any atom is -0.467 e. The Morgan fingerprint density at radius 3 is 2.80 bits per heavy atom. The lowest BCUT2D eigenvalue weighted by Gasteiger charge is -1.98. The molecule has 0 aliphatic rings. The zero-order valence-corrected chi connectivity index (χ0v) is 11.4. The molecule has 102 valence electrons. The fourth-order valence-electron chi connectivity index (χ4n) is 1.76. The van der Waals surface area contributed by atoms with Crippen molar-refractivity contribution in [1.29, 1.82) is 0 Å². The number of benzene rings is 1. The van der Waals surface area contributed by atoms with Crippen LogP contribution in [-0.2, 0) is 13.0 Å². The molecule has 20 heavy (non-hydrogen) atoms. The smallest absolute Gasteiger partial charge is 0.202 e. The molecule has 0 aliphatic carbocycles. The van der Waals surface area contributed by atoms with E-state index in [2.05, 4.69) is 14.7 Å². The monoisotopic (exact) mass is 289 g/mol. The van der Waals surface area contributed by atoms with Crippen LogP contribution in [0.5, 0.6) is 0 Å². The average molecular weight is 289 g/mol. The molecule has 0 amide bonds. The summed E-state index contributed by atoms with van der Waals surface area (Å²) in [5, 5.41) is 3.90. The maximum atomic E-state index is 12.8. The molecule has 3 aromatic rings. The topological polar surface area (TPSA) is 51.0 Å². The Kier molecular flexibility index (Phi) is 3.73. The van der Waals surface area contributed by atoms with Gasteiger partial charge in [0.05, 0.1) is 12.8 Å². The van der Waals surface area contributed by atoms with Gasteiger partial charge in [0.2, 0.25) is 5.13 Å². The van der Waals surface area contributed by atoms with Crippen LogP contribution in [0.3, 0.4) is 0 Å². The third-order valence-corrected chi connectivity index (χ3v) is 3.45. The first-order chi connectivity index (χ1) is 9.79. The molecule has 2 heterocycles. The van der Waals surface area contributed by atoms with Crippen molar-refractivity contribution in [1.82, 2.24) is 9.36 Å². The van der Waals surface area contributed by atoms with E-state index in [4.69, 9.17) is 4.42 Å². The van der Waals surface area contributed by atoms with E-state index in [1.165, 1.54) is 23.7 Å². The molecule has 0 fully saturated rings. The van der Waals surface area contributed by atoms with Crippen LogP contribution in [0.1, 0.15) is 17.1 Å². The molecule has 0 unspecified atom stereocenters. The molecule has 0 aliphatic heterocycles. The standard InChI is InChI=1S/C14H12FN3OS/c15-11-5-3-10(4-6-11)8-13-17-14(20-18-13)16-9-12-2-1-7-19-12/h1-7H,8-9H2,(H,16,17,18). The highest BCUT2D eigenvalue weighted by Gasteiger charge is 2.05. The number of anilines is 1. The van der Waals surface area contributed by atoms with Gasteiger partial charge in [-0.15, -0.1) is 0 Å². The predicted octanol–water partition coefficient (Wildman–Crippen LogP) is 3.47. The van der Waals surface area contributed by atoms with Crippen molar-refractivity contribution in [3.63, 3.8) is 0 Å². The second kappa shape index (κ2) is 5.83. The first kappa shape index (κ1) is 12.8. The summed E-state index contributed by atoms with van der Waals surface area (Å²) in [6, 6.07) is 10.1. The Bertz CT molecular complexity index is 664. The normalized spacial score (nSPS) is 10.7. The summed E-state index contributed by atoms with van der Waals surface area (Å²) in [5.41, 5.74) is 0.988. The zero-order valence-electron chi connectivity index (χ0n) is 10.5. The number of hydrogen-bond acceptors (Lipinski definition) is 5. The third kappa shape index (κ3) is 3.21. The summed E-state index contributed by atoms with van der Waals surface area (Å²) in [4.78, 5) is 4.39. The molecular formula is C14H12FN3OS. The van der Waals surface area contributed by atoms with Gasteiger partial charge in [0, 0.05) is 18.0 Å². The molecule has 4 nitrogen and oxygen atoms in total. The van der Waals surface area contributed by atoms with Crippen LogP contribution in [-0.4, -0.2) is 9.36 Å². The minimum absolute atomic E-state index is 0.235. The number of rotatable bonds is 5. The van der Waals surface area contributed by atoms with E-state index in [0.29, 0.717) is 13.0 Å². The Balaban J connectivity index is 1.60. The lowest BCUT2D eigenvalue weighted by molar-refractivity contribution is 0.518. The Hall–Kier alpha value is -2.21. The van der Waals surface area contributed by atoms with E-state index in [9.17, 15) is 4.39 Å². The Labute approximate surface area is 119 Å². The summed E-state index contributed by atoms with van der Waals surface area (Å²) in [6.07, 6.45) is 2.23. The average Bonchev–Trinajstić information content (AvgIpc) is 3.10. The van der Waals surface area contributed by atoms with E-state index in [-0.39, 0.29) is 5.82 Å². The van der Waals surface area contributed by atoms with Crippen LogP contribution in [0.15, 0.2) is 47.1 Å². The SMILES string of the molecule is Fc1ccc(Cc2nsc(NCc3ccco3)n2)cc1. The van der Waals surface area contributed by atoms with Crippen molar-refractivity contribution in [2.24, 2.45) is 0 Å². The second-order valence-electron chi connectivity index (χ2n) is 4.25. The fraction of sp³-hybridized carbons (Fsp3) is 0.143. The van der Waals surface area contributed by atoms with Crippen molar-refractivity contribution in [2.75, 3.05) is 5.32 Å². The molecule has 6 heteroatoms. The maximum absolute atomic E-state index is 12.8. The zero-order chi connectivity index (χ0) is 13.8. The first-order valence-corrected chi connectivity index (χ1v) is 6.90. The van der Waals surface area contributed by atoms with Gasteiger partial charge in [-0.25, -0.2) is 9.37 Å². The highest BCUT2D eigenvalue weighted by Crippen LogP contribution is 2.15. The van der Waals surface area contributed by atoms with E-state index >= 15 is 0 Å². The van der Waals surface area contributed by atoms with Crippen molar-refractivity contribution < 1.29 is 8.81 Å². The van der Waals surface area contributed by atoms with E-state index < -0.39 is 0 Å². The summed E-state index contributed by atoms with van der Waals surface area (Å²) in [5.74, 6) is 1.34. The van der Waals surface area contributed by atoms with Crippen molar-refractivity contribution in [3.05, 3.63) is 65.6 Å². The number of nitrogens with zero attached hydrogens (tertiary/aromatic N) is 2.